The highest BCUT2D eigenvalue weighted by Crippen LogP contribution is 2.48. The van der Waals surface area contributed by atoms with Gasteiger partial charge in [0.05, 0.1) is 11.6 Å². The molecule has 2 unspecified atom stereocenters. The van der Waals surface area contributed by atoms with E-state index < -0.39 is 0 Å². The summed E-state index contributed by atoms with van der Waals surface area (Å²) in [5.41, 5.74) is 8.26. The average Bonchev–Trinajstić information content (AvgIpc) is 3.47. The van der Waals surface area contributed by atoms with E-state index in [9.17, 15) is 4.79 Å². The Morgan fingerprint density at radius 2 is 1.04 bits per heavy atom. The van der Waals surface area contributed by atoms with Gasteiger partial charge in [0.25, 0.3) is 5.56 Å². The van der Waals surface area contributed by atoms with E-state index in [0.717, 1.165) is 55.1 Å². The van der Waals surface area contributed by atoms with E-state index in [-0.39, 0.29) is 17.5 Å². The normalized spacial score (nSPS) is 15.3. The number of benzene rings is 6. The van der Waals surface area contributed by atoms with E-state index in [0.29, 0.717) is 17.5 Å². The highest BCUT2D eigenvalue weighted by atomic mass is 16.1. The van der Waals surface area contributed by atoms with Gasteiger partial charge in [0.1, 0.15) is 0 Å². The highest BCUT2D eigenvalue weighted by molar-refractivity contribution is 6.14. The maximum atomic E-state index is 14.3. The number of rotatable bonds is 5. The molecule has 0 spiro atoms. The van der Waals surface area contributed by atoms with E-state index in [1.165, 1.54) is 5.56 Å². The molecule has 1 aliphatic heterocycles. The maximum absolute atomic E-state index is 14.3. The number of hydrogen-bond donors (Lipinski definition) is 0. The van der Waals surface area contributed by atoms with Gasteiger partial charge in [-0.2, -0.15) is 0 Å². The van der Waals surface area contributed by atoms with Crippen LogP contribution in [0.4, 0.5) is 0 Å². The fourth-order valence-corrected chi connectivity index (χ4v) is 7.38. The smallest absolute Gasteiger partial charge is 0.259 e. The van der Waals surface area contributed by atoms with Crippen molar-refractivity contribution in [3.8, 4) is 45.3 Å². The third kappa shape index (κ3) is 4.47. The van der Waals surface area contributed by atoms with Crippen molar-refractivity contribution in [3.63, 3.8) is 0 Å². The van der Waals surface area contributed by atoms with Gasteiger partial charge >= 0.3 is 0 Å². The van der Waals surface area contributed by atoms with Crippen molar-refractivity contribution in [1.29, 1.82) is 0 Å². The van der Waals surface area contributed by atoms with Crippen LogP contribution in [0.3, 0.4) is 0 Å². The van der Waals surface area contributed by atoms with E-state index in [1.54, 1.807) is 0 Å². The Morgan fingerprint density at radius 3 is 1.69 bits per heavy atom. The molecule has 228 valence electrons. The van der Waals surface area contributed by atoms with Gasteiger partial charge in [-0.25, -0.2) is 15.0 Å². The Labute approximate surface area is 277 Å². The van der Waals surface area contributed by atoms with Gasteiger partial charge in [0.2, 0.25) is 0 Å². The van der Waals surface area contributed by atoms with Crippen LogP contribution in [0, 0.1) is 0 Å². The molecule has 8 aromatic rings. The fourth-order valence-electron chi connectivity index (χ4n) is 7.38. The van der Waals surface area contributed by atoms with Crippen LogP contribution in [0.5, 0.6) is 0 Å². The van der Waals surface area contributed by atoms with Gasteiger partial charge in [0, 0.05) is 33.4 Å². The Balaban J connectivity index is 1.27. The summed E-state index contributed by atoms with van der Waals surface area (Å²) in [6.45, 7) is 2.24. The van der Waals surface area contributed by atoms with Crippen molar-refractivity contribution < 1.29 is 0 Å². The van der Waals surface area contributed by atoms with E-state index >= 15 is 0 Å². The number of nitrogens with zero attached hydrogens (tertiary/aromatic N) is 4. The molecule has 0 fully saturated rings. The molecule has 5 nitrogen and oxygen atoms in total. The number of pyridine rings is 1. The zero-order valence-electron chi connectivity index (χ0n) is 26.3. The zero-order chi connectivity index (χ0) is 32.2. The number of hydrogen-bond acceptors (Lipinski definition) is 4. The molecule has 0 N–H and O–H groups in total. The van der Waals surface area contributed by atoms with Crippen LogP contribution in [-0.4, -0.2) is 19.5 Å². The SMILES string of the molecule is CC1c2ccc(-c3cccc(-c4nc(-c5ccccc5)nc(-c5ccccc5)n4)c3)c3c4ccccc4c(=O)n(c23)C1c1ccccc1. The minimum atomic E-state index is -0.0829. The van der Waals surface area contributed by atoms with E-state index in [2.05, 4.69) is 73.7 Å². The number of aromatic nitrogens is 4. The topological polar surface area (TPSA) is 60.7 Å². The van der Waals surface area contributed by atoms with Crippen LogP contribution < -0.4 is 5.56 Å². The highest BCUT2D eigenvalue weighted by Gasteiger charge is 2.35. The second-order valence-corrected chi connectivity index (χ2v) is 12.4. The van der Waals surface area contributed by atoms with Crippen LogP contribution in [0.2, 0.25) is 0 Å². The maximum Gasteiger partial charge on any atom is 0.259 e. The molecule has 0 amide bonds. The predicted molar refractivity (Wildman–Crippen MR) is 194 cm³/mol. The standard InChI is InChI=1S/C43H30N4O/c1-27-33-24-25-34(37-35-22-11-12-23-36(35)43(48)47(39(33)37)38(27)28-14-5-2-6-15-28)31-20-13-21-32(26-31)42-45-40(29-16-7-3-8-17-29)44-41(46-42)30-18-9-4-10-19-30/h2-27,38H,1H3. The minimum Gasteiger partial charge on any atom is -0.299 e. The van der Waals surface area contributed by atoms with Gasteiger partial charge in [-0.3, -0.25) is 9.36 Å². The molecule has 0 bridgehead atoms. The molecule has 3 heterocycles. The lowest BCUT2D eigenvalue weighted by atomic mass is 9.89. The average molecular weight is 619 g/mol. The predicted octanol–water partition coefficient (Wildman–Crippen LogP) is 9.71. The second-order valence-electron chi connectivity index (χ2n) is 12.4. The zero-order valence-corrected chi connectivity index (χ0v) is 26.3. The van der Waals surface area contributed by atoms with Crippen molar-refractivity contribution in [2.24, 2.45) is 0 Å². The van der Waals surface area contributed by atoms with Gasteiger partial charge < -0.3 is 0 Å². The molecule has 0 radical (unpaired) electrons. The van der Waals surface area contributed by atoms with Gasteiger partial charge in [-0.05, 0) is 39.8 Å². The monoisotopic (exact) mass is 618 g/mol. The van der Waals surface area contributed by atoms with Crippen LogP contribution >= 0.6 is 0 Å². The fraction of sp³-hybridized carbons (Fsp3) is 0.0698. The first-order valence-electron chi connectivity index (χ1n) is 16.3. The van der Waals surface area contributed by atoms with Gasteiger partial charge in [-0.1, -0.05) is 146 Å². The molecule has 1 aliphatic rings. The first kappa shape index (κ1) is 28.1. The molecular weight excluding hydrogens is 589 g/mol. The summed E-state index contributed by atoms with van der Waals surface area (Å²) in [6.07, 6.45) is 0. The summed E-state index contributed by atoms with van der Waals surface area (Å²) in [4.78, 5) is 29.1. The largest absolute Gasteiger partial charge is 0.299 e. The molecule has 6 aromatic carbocycles. The van der Waals surface area contributed by atoms with Crippen LogP contribution in [0.15, 0.2) is 156 Å². The van der Waals surface area contributed by atoms with Crippen molar-refractivity contribution in [1.82, 2.24) is 19.5 Å². The van der Waals surface area contributed by atoms with Gasteiger partial charge in [-0.15, -0.1) is 0 Å². The molecule has 0 saturated carbocycles. The second kappa shape index (κ2) is 11.2. The molecule has 5 heteroatoms. The van der Waals surface area contributed by atoms with E-state index in [1.807, 2.05) is 89.5 Å². The molecule has 2 aromatic heterocycles. The summed E-state index contributed by atoms with van der Waals surface area (Å²) in [5, 5.41) is 2.79. The molecule has 0 saturated heterocycles. The van der Waals surface area contributed by atoms with E-state index in [4.69, 9.17) is 15.0 Å². The molecule has 9 rings (SSSR count). The summed E-state index contributed by atoms with van der Waals surface area (Å²) in [5.74, 6) is 2.00. The first-order valence-corrected chi connectivity index (χ1v) is 16.3. The summed E-state index contributed by atoms with van der Waals surface area (Å²) < 4.78 is 2.05. The lowest BCUT2D eigenvalue weighted by molar-refractivity contribution is 0.539. The Bertz CT molecular complexity index is 2490. The lowest BCUT2D eigenvalue weighted by Gasteiger charge is -2.20. The van der Waals surface area contributed by atoms with Crippen molar-refractivity contribution in [3.05, 3.63) is 173 Å². The van der Waals surface area contributed by atoms with Crippen LogP contribution in [-0.2, 0) is 0 Å². The third-order valence-electron chi connectivity index (χ3n) is 9.61. The van der Waals surface area contributed by atoms with Crippen molar-refractivity contribution in [2.75, 3.05) is 0 Å². The van der Waals surface area contributed by atoms with Crippen LogP contribution in [0.1, 0.15) is 30.0 Å². The lowest BCUT2D eigenvalue weighted by Crippen LogP contribution is -2.24. The number of fused-ring (bicyclic) bond motifs is 2. The molecule has 48 heavy (non-hydrogen) atoms. The first-order chi connectivity index (χ1) is 23.7. The minimum absolute atomic E-state index is 0.0514. The summed E-state index contributed by atoms with van der Waals surface area (Å²) in [6, 6.07) is 51.2. The molecule has 2 atom stereocenters. The quantitative estimate of drug-likeness (QED) is 0.180. The van der Waals surface area contributed by atoms with Crippen molar-refractivity contribution in [2.45, 2.75) is 18.9 Å². The molecule has 0 aliphatic carbocycles. The summed E-state index contributed by atoms with van der Waals surface area (Å²) in [7, 11) is 0. The Hall–Kier alpha value is -6.20. The summed E-state index contributed by atoms with van der Waals surface area (Å²) >= 11 is 0. The molecular formula is C43H30N4O. The Kier molecular flexibility index (Phi) is 6.57. The van der Waals surface area contributed by atoms with Crippen LogP contribution in [0.25, 0.3) is 67.0 Å². The van der Waals surface area contributed by atoms with Gasteiger partial charge in [0.15, 0.2) is 17.5 Å². The van der Waals surface area contributed by atoms with Crippen molar-refractivity contribution >= 4 is 21.7 Å². The Morgan fingerprint density at radius 1 is 0.521 bits per heavy atom. The third-order valence-corrected chi connectivity index (χ3v) is 9.61.